The van der Waals surface area contributed by atoms with Gasteiger partial charge in [0.1, 0.15) is 0 Å². The lowest BCUT2D eigenvalue weighted by Crippen LogP contribution is -2.32. The maximum Gasteiger partial charge on any atom is 0.323 e. The minimum absolute atomic E-state index is 0.0878. The molecule has 5 N–H and O–H groups in total. The van der Waals surface area contributed by atoms with Crippen molar-refractivity contribution in [2.24, 2.45) is 11.1 Å². The Morgan fingerprint density at radius 2 is 2.00 bits per heavy atom. The number of benzene rings is 1. The molecule has 19 heavy (non-hydrogen) atoms. The van der Waals surface area contributed by atoms with Crippen LogP contribution in [0.1, 0.15) is 20.3 Å². The largest absolute Gasteiger partial charge is 0.330 e. The molecule has 2 rings (SSSR count). The molecule has 0 saturated heterocycles. The molecule has 0 atom stereocenters. The van der Waals surface area contributed by atoms with Crippen molar-refractivity contribution in [1.29, 1.82) is 0 Å². The van der Waals surface area contributed by atoms with E-state index in [1.54, 1.807) is 18.2 Å². The van der Waals surface area contributed by atoms with Gasteiger partial charge in [-0.2, -0.15) is 0 Å². The van der Waals surface area contributed by atoms with Crippen molar-refractivity contribution in [2.75, 3.05) is 11.9 Å². The number of imidazole rings is 1. The number of nitrogens with one attached hydrogen (secondary N) is 3. The zero-order valence-corrected chi connectivity index (χ0v) is 11.0. The average molecular weight is 262 g/mol. The Bertz CT molecular complexity index is 654. The van der Waals surface area contributed by atoms with E-state index in [0.717, 1.165) is 0 Å². The number of rotatable bonds is 4. The van der Waals surface area contributed by atoms with Crippen LogP contribution in [0.5, 0.6) is 0 Å². The van der Waals surface area contributed by atoms with Gasteiger partial charge >= 0.3 is 5.69 Å². The average Bonchev–Trinajstić information content (AvgIpc) is 2.68. The van der Waals surface area contributed by atoms with Gasteiger partial charge in [0.2, 0.25) is 5.91 Å². The van der Waals surface area contributed by atoms with Gasteiger partial charge in [-0.05, 0) is 31.2 Å². The monoisotopic (exact) mass is 262 g/mol. The number of carbonyl (C=O) groups is 1. The summed E-state index contributed by atoms with van der Waals surface area (Å²) in [6.07, 6.45) is 0.613. The number of nitrogens with two attached hydrogens (primary N) is 1. The smallest absolute Gasteiger partial charge is 0.323 e. The Kier molecular flexibility index (Phi) is 3.44. The van der Waals surface area contributed by atoms with Crippen LogP contribution in [0.4, 0.5) is 5.69 Å². The van der Waals surface area contributed by atoms with Crippen LogP contribution in [0.2, 0.25) is 0 Å². The van der Waals surface area contributed by atoms with Crippen LogP contribution in [-0.4, -0.2) is 22.4 Å². The highest BCUT2D eigenvalue weighted by atomic mass is 16.2. The molecule has 2 aromatic rings. The maximum atomic E-state index is 12.1. The molecule has 1 aromatic heterocycles. The van der Waals surface area contributed by atoms with E-state index in [2.05, 4.69) is 15.3 Å². The van der Waals surface area contributed by atoms with Crippen LogP contribution in [0.15, 0.2) is 23.0 Å². The van der Waals surface area contributed by atoms with Gasteiger partial charge in [0.15, 0.2) is 0 Å². The van der Waals surface area contributed by atoms with E-state index >= 15 is 0 Å². The first-order chi connectivity index (χ1) is 8.92. The molecular weight excluding hydrogens is 244 g/mol. The van der Waals surface area contributed by atoms with Gasteiger partial charge in [-0.25, -0.2) is 4.79 Å². The minimum Gasteiger partial charge on any atom is -0.330 e. The Balaban J connectivity index is 2.21. The maximum absolute atomic E-state index is 12.1. The highest BCUT2D eigenvalue weighted by Gasteiger charge is 2.26. The van der Waals surface area contributed by atoms with Gasteiger partial charge in [0.25, 0.3) is 0 Å². The summed E-state index contributed by atoms with van der Waals surface area (Å²) in [4.78, 5) is 28.6. The molecule has 6 heteroatoms. The fourth-order valence-corrected chi connectivity index (χ4v) is 1.88. The number of anilines is 1. The van der Waals surface area contributed by atoms with Crippen molar-refractivity contribution >= 4 is 22.6 Å². The standard InChI is InChI=1S/C13H18N4O2/c1-13(2,5-6-14)11(18)15-8-3-4-9-10(7-8)17-12(19)16-9/h3-4,7H,5-6,14H2,1-2H3,(H,15,18)(H2,16,17,19). The van der Waals surface area contributed by atoms with E-state index in [-0.39, 0.29) is 11.6 Å². The van der Waals surface area contributed by atoms with Gasteiger partial charge in [-0.1, -0.05) is 13.8 Å². The predicted octanol–water partition coefficient (Wildman–Crippen LogP) is 1.17. The Labute approximate surface area is 110 Å². The van der Waals surface area contributed by atoms with Gasteiger partial charge in [0, 0.05) is 11.1 Å². The predicted molar refractivity (Wildman–Crippen MR) is 75.0 cm³/mol. The van der Waals surface area contributed by atoms with Gasteiger partial charge in [-0.15, -0.1) is 0 Å². The van der Waals surface area contributed by atoms with Crippen molar-refractivity contribution in [1.82, 2.24) is 9.97 Å². The van der Waals surface area contributed by atoms with Crippen LogP contribution >= 0.6 is 0 Å². The second-order valence-corrected chi connectivity index (χ2v) is 5.22. The number of aromatic amines is 2. The van der Waals surface area contributed by atoms with E-state index in [1.807, 2.05) is 13.8 Å². The number of H-pyrrole nitrogens is 2. The third-order valence-electron chi connectivity index (χ3n) is 3.16. The van der Waals surface area contributed by atoms with Gasteiger partial charge in [0.05, 0.1) is 11.0 Å². The number of amides is 1. The quantitative estimate of drug-likeness (QED) is 0.664. The summed E-state index contributed by atoms with van der Waals surface area (Å²) in [6, 6.07) is 5.23. The fraction of sp³-hybridized carbons (Fsp3) is 0.385. The SMILES string of the molecule is CC(C)(CCN)C(=O)Nc1ccc2[nH]c(=O)[nH]c2c1. The van der Waals surface area contributed by atoms with Crippen LogP contribution in [0.3, 0.4) is 0 Å². The van der Waals surface area contributed by atoms with E-state index in [4.69, 9.17) is 5.73 Å². The Hall–Kier alpha value is -2.08. The molecule has 0 aliphatic carbocycles. The van der Waals surface area contributed by atoms with E-state index in [9.17, 15) is 9.59 Å². The second kappa shape index (κ2) is 4.89. The first kappa shape index (κ1) is 13.4. The third-order valence-corrected chi connectivity index (χ3v) is 3.16. The summed E-state index contributed by atoms with van der Waals surface area (Å²) in [7, 11) is 0. The van der Waals surface area contributed by atoms with E-state index < -0.39 is 5.41 Å². The lowest BCUT2D eigenvalue weighted by atomic mass is 9.88. The molecule has 102 valence electrons. The number of carbonyl (C=O) groups excluding carboxylic acids is 1. The molecule has 0 radical (unpaired) electrons. The van der Waals surface area contributed by atoms with Crippen molar-refractivity contribution < 1.29 is 4.79 Å². The summed E-state index contributed by atoms with van der Waals surface area (Å²) < 4.78 is 0. The second-order valence-electron chi connectivity index (χ2n) is 5.22. The number of hydrogen-bond acceptors (Lipinski definition) is 3. The first-order valence-corrected chi connectivity index (χ1v) is 6.16. The minimum atomic E-state index is -0.519. The molecule has 0 fully saturated rings. The topological polar surface area (TPSA) is 104 Å². The van der Waals surface area contributed by atoms with E-state index in [1.165, 1.54) is 0 Å². The molecule has 1 heterocycles. The zero-order valence-electron chi connectivity index (χ0n) is 11.0. The van der Waals surface area contributed by atoms with Crippen molar-refractivity contribution in [3.8, 4) is 0 Å². The molecule has 1 amide bonds. The highest BCUT2D eigenvalue weighted by Crippen LogP contribution is 2.23. The molecular formula is C13H18N4O2. The normalized spacial score (nSPS) is 11.7. The first-order valence-electron chi connectivity index (χ1n) is 6.16. The lowest BCUT2D eigenvalue weighted by Gasteiger charge is -2.22. The summed E-state index contributed by atoms with van der Waals surface area (Å²) in [6.45, 7) is 4.17. The zero-order chi connectivity index (χ0) is 14.0. The third kappa shape index (κ3) is 2.85. The van der Waals surface area contributed by atoms with Crippen molar-refractivity contribution in [3.63, 3.8) is 0 Å². The van der Waals surface area contributed by atoms with Gasteiger partial charge in [-0.3, -0.25) is 4.79 Å². The number of hydrogen-bond donors (Lipinski definition) is 4. The number of fused-ring (bicyclic) bond motifs is 1. The summed E-state index contributed by atoms with van der Waals surface area (Å²) in [5.41, 5.74) is 6.75. The van der Waals surface area contributed by atoms with E-state index in [0.29, 0.717) is 29.7 Å². The summed E-state index contributed by atoms with van der Waals surface area (Å²) >= 11 is 0. The Morgan fingerprint density at radius 3 is 2.68 bits per heavy atom. The van der Waals surface area contributed by atoms with Crippen LogP contribution in [0.25, 0.3) is 11.0 Å². The fourth-order valence-electron chi connectivity index (χ4n) is 1.88. The molecule has 6 nitrogen and oxygen atoms in total. The molecule has 0 saturated carbocycles. The molecule has 0 unspecified atom stereocenters. The molecule has 0 bridgehead atoms. The molecule has 0 spiro atoms. The van der Waals surface area contributed by atoms with Crippen LogP contribution < -0.4 is 16.7 Å². The van der Waals surface area contributed by atoms with Crippen molar-refractivity contribution in [2.45, 2.75) is 20.3 Å². The molecule has 0 aliphatic rings. The molecule has 0 aliphatic heterocycles. The number of aromatic nitrogens is 2. The van der Waals surface area contributed by atoms with Crippen LogP contribution in [0, 0.1) is 5.41 Å². The Morgan fingerprint density at radius 1 is 1.32 bits per heavy atom. The summed E-state index contributed by atoms with van der Waals surface area (Å²) in [5, 5.41) is 2.84. The summed E-state index contributed by atoms with van der Waals surface area (Å²) in [5.74, 6) is -0.0878. The van der Waals surface area contributed by atoms with Crippen molar-refractivity contribution in [3.05, 3.63) is 28.7 Å². The van der Waals surface area contributed by atoms with Gasteiger partial charge < -0.3 is 21.0 Å². The highest BCUT2D eigenvalue weighted by molar-refractivity contribution is 5.96. The molecule has 1 aromatic carbocycles. The van der Waals surface area contributed by atoms with Crippen LogP contribution in [-0.2, 0) is 4.79 Å². The lowest BCUT2D eigenvalue weighted by molar-refractivity contribution is -0.124.